The molecule has 6 nitrogen and oxygen atoms in total. The largest absolute Gasteiger partial charge is 0.478 e. The predicted molar refractivity (Wildman–Crippen MR) is 73.9 cm³/mol. The zero-order chi connectivity index (χ0) is 14.7. The molecule has 20 heavy (non-hydrogen) atoms. The molecule has 1 aromatic rings. The summed E-state index contributed by atoms with van der Waals surface area (Å²) in [6, 6.07) is 4.76. The molecule has 1 amide bonds. The maximum Gasteiger partial charge on any atom is 0.335 e. The first-order valence-electron chi connectivity index (χ1n) is 6.42. The molecule has 0 aliphatic carbocycles. The van der Waals surface area contributed by atoms with Gasteiger partial charge < -0.3 is 20.5 Å². The van der Waals surface area contributed by atoms with Gasteiger partial charge in [0.05, 0.1) is 24.7 Å². The standard InChI is InChI=1S/C14H18N2O4/c1-8-5-9(3-4-10(8)14(18)19)16-13(17)11-6-20-7-12(11)15-2/h3-5,11-12,15H,6-7H2,1-2H3,(H,16,17)(H,18,19). The number of aryl methyl sites for hydroxylation is 1. The van der Waals surface area contributed by atoms with Gasteiger partial charge >= 0.3 is 5.97 Å². The Morgan fingerprint density at radius 2 is 2.10 bits per heavy atom. The van der Waals surface area contributed by atoms with Crippen LogP contribution in [0.2, 0.25) is 0 Å². The summed E-state index contributed by atoms with van der Waals surface area (Å²) in [6.07, 6.45) is 0. The van der Waals surface area contributed by atoms with Crippen LogP contribution in [-0.2, 0) is 9.53 Å². The van der Waals surface area contributed by atoms with E-state index in [0.29, 0.717) is 24.5 Å². The first-order chi connectivity index (χ1) is 9.52. The number of carboxylic acids is 1. The molecule has 3 N–H and O–H groups in total. The van der Waals surface area contributed by atoms with Crippen molar-refractivity contribution in [3.05, 3.63) is 29.3 Å². The number of benzene rings is 1. The molecule has 1 heterocycles. The fraction of sp³-hybridized carbons (Fsp3) is 0.429. The minimum Gasteiger partial charge on any atom is -0.478 e. The zero-order valence-electron chi connectivity index (χ0n) is 11.5. The van der Waals surface area contributed by atoms with Crippen LogP contribution >= 0.6 is 0 Å². The quantitative estimate of drug-likeness (QED) is 0.760. The maximum atomic E-state index is 12.2. The lowest BCUT2D eigenvalue weighted by molar-refractivity contribution is -0.120. The molecule has 1 fully saturated rings. The molecule has 1 aromatic carbocycles. The van der Waals surface area contributed by atoms with E-state index in [1.807, 2.05) is 0 Å². The Bertz CT molecular complexity index is 530. The number of ether oxygens (including phenoxy) is 1. The van der Waals surface area contributed by atoms with E-state index >= 15 is 0 Å². The van der Waals surface area contributed by atoms with Gasteiger partial charge in [-0.05, 0) is 37.7 Å². The van der Waals surface area contributed by atoms with Gasteiger partial charge in [-0.15, -0.1) is 0 Å². The highest BCUT2D eigenvalue weighted by atomic mass is 16.5. The van der Waals surface area contributed by atoms with E-state index in [-0.39, 0.29) is 23.4 Å². The molecule has 0 radical (unpaired) electrons. The second kappa shape index (κ2) is 6.02. The van der Waals surface area contributed by atoms with Crippen molar-refractivity contribution in [3.8, 4) is 0 Å². The third kappa shape index (κ3) is 2.97. The summed E-state index contributed by atoms with van der Waals surface area (Å²) >= 11 is 0. The molecule has 0 spiro atoms. The molecule has 0 aromatic heterocycles. The molecule has 2 rings (SSSR count). The average molecular weight is 278 g/mol. The van der Waals surface area contributed by atoms with Crippen molar-refractivity contribution in [2.24, 2.45) is 5.92 Å². The van der Waals surface area contributed by atoms with E-state index in [4.69, 9.17) is 9.84 Å². The van der Waals surface area contributed by atoms with Gasteiger partial charge in [-0.3, -0.25) is 4.79 Å². The number of hydrogen-bond donors (Lipinski definition) is 3. The number of nitrogens with one attached hydrogen (secondary N) is 2. The fourth-order valence-electron chi connectivity index (χ4n) is 2.31. The van der Waals surface area contributed by atoms with Gasteiger partial charge in [-0.1, -0.05) is 0 Å². The molecule has 1 saturated heterocycles. The average Bonchev–Trinajstić information content (AvgIpc) is 2.86. The van der Waals surface area contributed by atoms with E-state index in [0.717, 1.165) is 0 Å². The van der Waals surface area contributed by atoms with Gasteiger partial charge in [-0.25, -0.2) is 4.79 Å². The molecule has 1 aliphatic rings. The third-order valence-corrected chi connectivity index (χ3v) is 3.51. The number of likely N-dealkylation sites (N-methyl/N-ethyl adjacent to an activating group) is 1. The molecule has 108 valence electrons. The van der Waals surface area contributed by atoms with E-state index in [1.165, 1.54) is 6.07 Å². The molecule has 1 aliphatic heterocycles. The molecular weight excluding hydrogens is 260 g/mol. The second-order valence-electron chi connectivity index (χ2n) is 4.86. The van der Waals surface area contributed by atoms with Crippen LogP contribution in [0.15, 0.2) is 18.2 Å². The number of carbonyl (C=O) groups excluding carboxylic acids is 1. The van der Waals surface area contributed by atoms with Crippen molar-refractivity contribution >= 4 is 17.6 Å². The number of carbonyl (C=O) groups is 2. The topological polar surface area (TPSA) is 87.7 Å². The van der Waals surface area contributed by atoms with E-state index < -0.39 is 5.97 Å². The predicted octanol–water partition coefficient (Wildman–Crippen LogP) is 0.866. The highest BCUT2D eigenvalue weighted by Gasteiger charge is 2.32. The first kappa shape index (κ1) is 14.5. The molecule has 2 atom stereocenters. The minimum atomic E-state index is -0.972. The summed E-state index contributed by atoms with van der Waals surface area (Å²) in [7, 11) is 1.80. The molecule has 0 saturated carbocycles. The van der Waals surface area contributed by atoms with Gasteiger partial charge in [0, 0.05) is 11.7 Å². The lowest BCUT2D eigenvalue weighted by Gasteiger charge is -2.16. The smallest absolute Gasteiger partial charge is 0.335 e. The molecule has 6 heteroatoms. The highest BCUT2D eigenvalue weighted by Crippen LogP contribution is 2.19. The molecule has 2 unspecified atom stereocenters. The Balaban J connectivity index is 2.08. The van der Waals surface area contributed by atoms with Gasteiger partial charge in [0.2, 0.25) is 5.91 Å². The normalized spacial score (nSPS) is 21.7. The third-order valence-electron chi connectivity index (χ3n) is 3.51. The van der Waals surface area contributed by atoms with Crippen LogP contribution in [0.4, 0.5) is 5.69 Å². The Labute approximate surface area is 117 Å². The minimum absolute atomic E-state index is 0.00869. The number of hydrogen-bond acceptors (Lipinski definition) is 4. The van der Waals surface area contributed by atoms with Crippen molar-refractivity contribution in [1.29, 1.82) is 0 Å². The molecule has 0 bridgehead atoms. The van der Waals surface area contributed by atoms with Crippen LogP contribution in [0.3, 0.4) is 0 Å². The van der Waals surface area contributed by atoms with Crippen molar-refractivity contribution in [2.75, 3.05) is 25.6 Å². The Morgan fingerprint density at radius 1 is 1.35 bits per heavy atom. The van der Waals surface area contributed by atoms with Crippen molar-refractivity contribution < 1.29 is 19.4 Å². The lowest BCUT2D eigenvalue weighted by atomic mass is 10.0. The lowest BCUT2D eigenvalue weighted by Crippen LogP contribution is -2.39. The van der Waals surface area contributed by atoms with Crippen molar-refractivity contribution in [3.63, 3.8) is 0 Å². The zero-order valence-corrected chi connectivity index (χ0v) is 11.5. The van der Waals surface area contributed by atoms with Crippen molar-refractivity contribution in [2.45, 2.75) is 13.0 Å². The van der Waals surface area contributed by atoms with Crippen LogP contribution in [-0.4, -0.2) is 43.3 Å². The van der Waals surface area contributed by atoms with Gasteiger partial charge in [0.15, 0.2) is 0 Å². The number of anilines is 1. The Kier molecular flexibility index (Phi) is 4.36. The summed E-state index contributed by atoms with van der Waals surface area (Å²) in [6.45, 7) is 2.61. The summed E-state index contributed by atoms with van der Waals surface area (Å²) in [5.41, 5.74) is 1.45. The van der Waals surface area contributed by atoms with Gasteiger partial charge in [0.1, 0.15) is 0 Å². The number of aromatic carboxylic acids is 1. The highest BCUT2D eigenvalue weighted by molar-refractivity contribution is 5.95. The van der Waals surface area contributed by atoms with Crippen LogP contribution in [0, 0.1) is 12.8 Å². The van der Waals surface area contributed by atoms with Gasteiger partial charge in [0.25, 0.3) is 0 Å². The van der Waals surface area contributed by atoms with Crippen LogP contribution < -0.4 is 10.6 Å². The first-order valence-corrected chi connectivity index (χ1v) is 6.42. The summed E-state index contributed by atoms with van der Waals surface area (Å²) in [4.78, 5) is 23.1. The Hall–Kier alpha value is -1.92. The number of carboxylic acid groups (broad SMARTS) is 1. The second-order valence-corrected chi connectivity index (χ2v) is 4.86. The monoisotopic (exact) mass is 278 g/mol. The van der Waals surface area contributed by atoms with Crippen LogP contribution in [0.25, 0.3) is 0 Å². The van der Waals surface area contributed by atoms with Gasteiger partial charge in [-0.2, -0.15) is 0 Å². The van der Waals surface area contributed by atoms with E-state index in [9.17, 15) is 9.59 Å². The summed E-state index contributed by atoms with van der Waals surface area (Å²) in [5, 5.41) is 14.8. The van der Waals surface area contributed by atoms with Crippen molar-refractivity contribution in [1.82, 2.24) is 5.32 Å². The maximum absolute atomic E-state index is 12.2. The fourth-order valence-corrected chi connectivity index (χ4v) is 2.31. The van der Waals surface area contributed by atoms with Crippen LogP contribution in [0.1, 0.15) is 15.9 Å². The van der Waals surface area contributed by atoms with E-state index in [2.05, 4.69) is 10.6 Å². The van der Waals surface area contributed by atoms with E-state index in [1.54, 1.807) is 26.1 Å². The molecular formula is C14H18N2O4. The summed E-state index contributed by atoms with van der Waals surface area (Å²) < 4.78 is 5.29. The number of amides is 1. The SMILES string of the molecule is CNC1COCC1C(=O)Nc1ccc(C(=O)O)c(C)c1. The number of rotatable bonds is 4. The Morgan fingerprint density at radius 3 is 2.70 bits per heavy atom. The summed E-state index contributed by atoms with van der Waals surface area (Å²) in [5.74, 6) is -1.33. The van der Waals surface area contributed by atoms with Crippen LogP contribution in [0.5, 0.6) is 0 Å².